The van der Waals surface area contributed by atoms with Crippen LogP contribution in [0.1, 0.15) is 30.3 Å². The van der Waals surface area contributed by atoms with E-state index in [-0.39, 0.29) is 18.0 Å². The Balaban J connectivity index is 1.86. The van der Waals surface area contributed by atoms with Crippen molar-refractivity contribution in [3.05, 3.63) is 84.4 Å². The Hall–Kier alpha value is -2.95. The van der Waals surface area contributed by atoms with Crippen LogP contribution in [0.4, 0.5) is 0 Å². The third kappa shape index (κ3) is 3.45. The van der Waals surface area contributed by atoms with Gasteiger partial charge < -0.3 is 5.32 Å². The molecule has 116 valence electrons. The summed E-state index contributed by atoms with van der Waals surface area (Å²) in [5.41, 5.74) is 1.80. The summed E-state index contributed by atoms with van der Waals surface area (Å²) in [7, 11) is 0. The van der Waals surface area contributed by atoms with Crippen LogP contribution in [0, 0.1) is 0 Å². The highest BCUT2D eigenvalue weighted by molar-refractivity contribution is 5.80. The van der Waals surface area contributed by atoms with E-state index in [9.17, 15) is 4.79 Å². The first-order chi connectivity index (χ1) is 11.3. The SMILES string of the molecule is CC(C(=O)NC(c1ccccc1)c1ccccn1)n1cccn1. The molecule has 2 atom stereocenters. The van der Waals surface area contributed by atoms with Gasteiger partial charge in [-0.25, -0.2) is 0 Å². The lowest BCUT2D eigenvalue weighted by molar-refractivity contribution is -0.124. The molecule has 0 fully saturated rings. The molecule has 3 rings (SSSR count). The van der Waals surface area contributed by atoms with Crippen molar-refractivity contribution in [3.63, 3.8) is 0 Å². The molecule has 5 nitrogen and oxygen atoms in total. The van der Waals surface area contributed by atoms with Gasteiger partial charge in [0.15, 0.2) is 0 Å². The maximum absolute atomic E-state index is 12.6. The van der Waals surface area contributed by atoms with Crippen molar-refractivity contribution in [2.24, 2.45) is 0 Å². The van der Waals surface area contributed by atoms with Gasteiger partial charge in [-0.3, -0.25) is 14.5 Å². The molecule has 0 aliphatic rings. The Bertz CT molecular complexity index is 702. The van der Waals surface area contributed by atoms with E-state index in [4.69, 9.17) is 0 Å². The van der Waals surface area contributed by atoms with Crippen LogP contribution in [0.25, 0.3) is 0 Å². The molecule has 1 amide bonds. The minimum absolute atomic E-state index is 0.104. The summed E-state index contributed by atoms with van der Waals surface area (Å²) in [5, 5.41) is 7.21. The lowest BCUT2D eigenvalue weighted by Gasteiger charge is -2.21. The largest absolute Gasteiger partial charge is 0.342 e. The Morgan fingerprint density at radius 3 is 2.48 bits per heavy atom. The number of hydrogen-bond acceptors (Lipinski definition) is 3. The van der Waals surface area contributed by atoms with E-state index in [0.29, 0.717) is 0 Å². The van der Waals surface area contributed by atoms with Crippen LogP contribution in [-0.2, 0) is 4.79 Å². The first kappa shape index (κ1) is 15.0. The van der Waals surface area contributed by atoms with E-state index < -0.39 is 0 Å². The molecule has 1 N–H and O–H groups in total. The molecule has 2 heterocycles. The normalized spacial score (nSPS) is 13.3. The Kier molecular flexibility index (Phi) is 4.47. The first-order valence-electron chi connectivity index (χ1n) is 7.51. The molecule has 2 unspecified atom stereocenters. The van der Waals surface area contributed by atoms with Crippen LogP contribution in [0.15, 0.2) is 73.2 Å². The molecule has 0 saturated heterocycles. The van der Waals surface area contributed by atoms with Crippen LogP contribution in [0.3, 0.4) is 0 Å². The average Bonchev–Trinajstić information content (AvgIpc) is 3.15. The Morgan fingerprint density at radius 1 is 1.04 bits per heavy atom. The number of carbonyl (C=O) groups excluding carboxylic acids is 1. The third-order valence-electron chi connectivity index (χ3n) is 3.70. The van der Waals surface area contributed by atoms with Gasteiger partial charge in [-0.05, 0) is 30.7 Å². The number of nitrogens with zero attached hydrogens (tertiary/aromatic N) is 3. The summed E-state index contributed by atoms with van der Waals surface area (Å²) >= 11 is 0. The predicted molar refractivity (Wildman–Crippen MR) is 87.6 cm³/mol. The van der Waals surface area contributed by atoms with Gasteiger partial charge in [0.1, 0.15) is 6.04 Å². The van der Waals surface area contributed by atoms with Crippen LogP contribution in [0.5, 0.6) is 0 Å². The second kappa shape index (κ2) is 6.87. The number of amides is 1. The number of nitrogens with one attached hydrogen (secondary N) is 1. The second-order valence-corrected chi connectivity index (χ2v) is 5.27. The third-order valence-corrected chi connectivity index (χ3v) is 3.70. The fourth-order valence-corrected chi connectivity index (χ4v) is 2.41. The Morgan fingerprint density at radius 2 is 1.83 bits per heavy atom. The van der Waals surface area contributed by atoms with Gasteiger partial charge >= 0.3 is 0 Å². The number of hydrogen-bond donors (Lipinski definition) is 1. The molecule has 0 spiro atoms. The summed E-state index contributed by atoms with van der Waals surface area (Å²) in [6, 6.07) is 16.6. The number of aromatic nitrogens is 3. The standard InChI is InChI=1S/C18H18N4O/c1-14(22-13-7-12-20-22)18(23)21-17(15-8-3-2-4-9-15)16-10-5-6-11-19-16/h2-14,17H,1H3,(H,21,23). The molecule has 0 aliphatic heterocycles. The number of carbonyl (C=O) groups is 1. The molecule has 0 bridgehead atoms. The van der Waals surface area contributed by atoms with Gasteiger partial charge in [0.25, 0.3) is 0 Å². The summed E-state index contributed by atoms with van der Waals surface area (Å²) in [5.74, 6) is -0.104. The van der Waals surface area contributed by atoms with E-state index in [2.05, 4.69) is 15.4 Å². The van der Waals surface area contributed by atoms with Crippen molar-refractivity contribution in [2.45, 2.75) is 19.0 Å². The smallest absolute Gasteiger partial charge is 0.245 e. The van der Waals surface area contributed by atoms with Crippen molar-refractivity contribution in [3.8, 4) is 0 Å². The Labute approximate surface area is 135 Å². The summed E-state index contributed by atoms with van der Waals surface area (Å²) < 4.78 is 1.63. The van der Waals surface area contributed by atoms with Crippen LogP contribution < -0.4 is 5.32 Å². The van der Waals surface area contributed by atoms with Gasteiger partial charge in [-0.2, -0.15) is 5.10 Å². The van der Waals surface area contributed by atoms with Crippen LogP contribution in [0.2, 0.25) is 0 Å². The molecule has 0 radical (unpaired) electrons. The van der Waals surface area contributed by atoms with E-state index >= 15 is 0 Å². The van der Waals surface area contributed by atoms with E-state index in [1.54, 1.807) is 29.3 Å². The van der Waals surface area contributed by atoms with Crippen LogP contribution in [-0.4, -0.2) is 20.7 Å². The maximum atomic E-state index is 12.6. The quantitative estimate of drug-likeness (QED) is 0.788. The van der Waals surface area contributed by atoms with Gasteiger partial charge in [-0.1, -0.05) is 36.4 Å². The predicted octanol–water partition coefficient (Wildman–Crippen LogP) is 2.74. The zero-order chi connectivity index (χ0) is 16.1. The monoisotopic (exact) mass is 306 g/mol. The molecule has 5 heteroatoms. The molecule has 0 saturated carbocycles. The van der Waals surface area contributed by atoms with Crippen molar-refractivity contribution in [1.82, 2.24) is 20.1 Å². The van der Waals surface area contributed by atoms with E-state index in [1.807, 2.05) is 55.5 Å². The second-order valence-electron chi connectivity index (χ2n) is 5.27. The molecule has 1 aromatic carbocycles. The van der Waals surface area contributed by atoms with Crippen molar-refractivity contribution >= 4 is 5.91 Å². The highest BCUT2D eigenvalue weighted by Crippen LogP contribution is 2.21. The zero-order valence-electron chi connectivity index (χ0n) is 12.8. The van der Waals surface area contributed by atoms with Crippen molar-refractivity contribution in [1.29, 1.82) is 0 Å². The number of rotatable bonds is 5. The van der Waals surface area contributed by atoms with E-state index in [1.165, 1.54) is 0 Å². The number of benzene rings is 1. The molecular weight excluding hydrogens is 288 g/mol. The lowest BCUT2D eigenvalue weighted by Crippen LogP contribution is -2.35. The molecular formula is C18H18N4O. The minimum atomic E-state index is -0.389. The fraction of sp³-hybridized carbons (Fsp3) is 0.167. The maximum Gasteiger partial charge on any atom is 0.245 e. The first-order valence-corrected chi connectivity index (χ1v) is 7.51. The zero-order valence-corrected chi connectivity index (χ0v) is 12.8. The molecule has 0 aliphatic carbocycles. The minimum Gasteiger partial charge on any atom is -0.342 e. The number of pyridine rings is 1. The lowest BCUT2D eigenvalue weighted by atomic mass is 10.0. The summed E-state index contributed by atoms with van der Waals surface area (Å²) in [6.07, 6.45) is 5.17. The summed E-state index contributed by atoms with van der Waals surface area (Å²) in [4.78, 5) is 17.0. The van der Waals surface area contributed by atoms with Gasteiger partial charge in [0.2, 0.25) is 5.91 Å². The summed E-state index contributed by atoms with van der Waals surface area (Å²) in [6.45, 7) is 1.82. The fourth-order valence-electron chi connectivity index (χ4n) is 2.41. The van der Waals surface area contributed by atoms with E-state index in [0.717, 1.165) is 11.3 Å². The van der Waals surface area contributed by atoms with Crippen molar-refractivity contribution in [2.75, 3.05) is 0 Å². The highest BCUT2D eigenvalue weighted by Gasteiger charge is 2.22. The highest BCUT2D eigenvalue weighted by atomic mass is 16.2. The molecule has 2 aromatic heterocycles. The molecule has 23 heavy (non-hydrogen) atoms. The topological polar surface area (TPSA) is 59.8 Å². The molecule has 3 aromatic rings. The van der Waals surface area contributed by atoms with Gasteiger partial charge in [0.05, 0.1) is 11.7 Å². The van der Waals surface area contributed by atoms with Gasteiger partial charge in [-0.15, -0.1) is 0 Å². The van der Waals surface area contributed by atoms with Crippen LogP contribution >= 0.6 is 0 Å². The van der Waals surface area contributed by atoms with Gasteiger partial charge in [0, 0.05) is 18.6 Å². The van der Waals surface area contributed by atoms with Crippen molar-refractivity contribution < 1.29 is 4.79 Å². The average molecular weight is 306 g/mol.